The zero-order valence-corrected chi connectivity index (χ0v) is 19.0. The molecule has 0 saturated carbocycles. The summed E-state index contributed by atoms with van der Waals surface area (Å²) in [6.45, 7) is 4.47. The summed E-state index contributed by atoms with van der Waals surface area (Å²) in [7, 11) is 0. The molecule has 1 saturated heterocycles. The van der Waals surface area contributed by atoms with Gasteiger partial charge in [0.25, 0.3) is 5.91 Å². The Labute approximate surface area is 195 Å². The highest BCUT2D eigenvalue weighted by Crippen LogP contribution is 2.23. The molecule has 0 unspecified atom stereocenters. The molecule has 1 N–H and O–H groups in total. The maximum Gasteiger partial charge on any atom is 0.254 e. The predicted molar refractivity (Wildman–Crippen MR) is 130 cm³/mol. The van der Waals surface area contributed by atoms with Crippen molar-refractivity contribution in [2.75, 3.05) is 31.1 Å². The minimum absolute atomic E-state index is 0.127. The van der Waals surface area contributed by atoms with Crippen LogP contribution in [0.25, 0.3) is 0 Å². The number of fused-ring (bicyclic) bond motifs is 1. The van der Waals surface area contributed by atoms with E-state index in [2.05, 4.69) is 56.6 Å². The molecule has 1 aromatic heterocycles. The van der Waals surface area contributed by atoms with Gasteiger partial charge in [0.2, 0.25) is 0 Å². The van der Waals surface area contributed by atoms with Crippen molar-refractivity contribution in [1.29, 1.82) is 0 Å². The van der Waals surface area contributed by atoms with Crippen molar-refractivity contribution in [3.8, 4) is 0 Å². The van der Waals surface area contributed by atoms with E-state index in [0.717, 1.165) is 63.1 Å². The predicted octanol–water partition coefficient (Wildman–Crippen LogP) is 3.48. The lowest BCUT2D eigenvalue weighted by atomic mass is 9.99. The molecule has 6 nitrogen and oxygen atoms in total. The van der Waals surface area contributed by atoms with Gasteiger partial charge in [-0.05, 0) is 54.7 Å². The first-order valence-electron chi connectivity index (χ1n) is 12.0. The molecule has 2 aromatic carbocycles. The lowest BCUT2D eigenvalue weighted by molar-refractivity contribution is 0.0734. The number of aromatic nitrogens is 2. The Bertz CT molecular complexity index is 1060. The number of hydrogen-bond donors (Lipinski definition) is 1. The van der Waals surface area contributed by atoms with Gasteiger partial charge >= 0.3 is 0 Å². The van der Waals surface area contributed by atoms with Gasteiger partial charge in [-0.3, -0.25) is 14.8 Å². The fourth-order valence-electron chi connectivity index (χ4n) is 4.87. The van der Waals surface area contributed by atoms with Crippen LogP contribution in [-0.4, -0.2) is 53.0 Å². The largest absolute Gasteiger partial charge is 0.371 e. The van der Waals surface area contributed by atoms with Gasteiger partial charge in [0.15, 0.2) is 0 Å². The first-order valence-corrected chi connectivity index (χ1v) is 12.0. The van der Waals surface area contributed by atoms with E-state index in [1.165, 1.54) is 16.8 Å². The van der Waals surface area contributed by atoms with E-state index in [0.29, 0.717) is 12.6 Å². The highest BCUT2D eigenvalue weighted by atomic mass is 16.2. The van der Waals surface area contributed by atoms with Gasteiger partial charge in [-0.1, -0.05) is 24.3 Å². The summed E-state index contributed by atoms with van der Waals surface area (Å²) in [5, 5.41) is 3.66. The average molecular weight is 442 g/mol. The van der Waals surface area contributed by atoms with Crippen LogP contribution < -0.4 is 10.2 Å². The van der Waals surface area contributed by atoms with Gasteiger partial charge < -0.3 is 15.1 Å². The fraction of sp³-hybridized carbons (Fsp3) is 0.370. The number of nitrogens with one attached hydrogen (secondary N) is 1. The third kappa shape index (κ3) is 5.22. The molecular formula is C27H31N5O. The molecular weight excluding hydrogens is 410 g/mol. The highest BCUT2D eigenvalue weighted by molar-refractivity contribution is 5.94. The quantitative estimate of drug-likeness (QED) is 0.635. The summed E-state index contributed by atoms with van der Waals surface area (Å²) in [4.78, 5) is 25.9. The summed E-state index contributed by atoms with van der Waals surface area (Å²) in [5.41, 5.74) is 5.64. The van der Waals surface area contributed by atoms with Crippen LogP contribution in [0, 0.1) is 0 Å². The molecule has 1 amide bonds. The van der Waals surface area contributed by atoms with Gasteiger partial charge in [0, 0.05) is 75.0 Å². The minimum Gasteiger partial charge on any atom is -0.371 e. The summed E-state index contributed by atoms with van der Waals surface area (Å²) in [5.74, 6) is 0.127. The molecule has 0 bridgehead atoms. The Morgan fingerprint density at radius 3 is 2.52 bits per heavy atom. The van der Waals surface area contributed by atoms with E-state index in [9.17, 15) is 4.79 Å². The average Bonchev–Trinajstić information content (AvgIpc) is 2.89. The minimum atomic E-state index is 0.127. The van der Waals surface area contributed by atoms with Crippen molar-refractivity contribution in [1.82, 2.24) is 20.2 Å². The Morgan fingerprint density at radius 1 is 0.970 bits per heavy atom. The van der Waals surface area contributed by atoms with Gasteiger partial charge in [0.05, 0.1) is 5.69 Å². The third-order valence-electron chi connectivity index (χ3n) is 6.82. The Kier molecular flexibility index (Phi) is 6.63. The van der Waals surface area contributed by atoms with E-state index in [1.807, 2.05) is 23.2 Å². The lowest BCUT2D eigenvalue weighted by Crippen LogP contribution is -2.43. The molecule has 0 atom stereocenters. The number of benzene rings is 2. The Balaban J connectivity index is 1.10. The maximum atomic E-state index is 13.0. The van der Waals surface area contributed by atoms with Crippen LogP contribution in [0.4, 0.5) is 5.69 Å². The third-order valence-corrected chi connectivity index (χ3v) is 6.82. The van der Waals surface area contributed by atoms with Crippen LogP contribution in [-0.2, 0) is 19.4 Å². The monoisotopic (exact) mass is 441 g/mol. The van der Waals surface area contributed by atoms with Gasteiger partial charge in [-0.2, -0.15) is 0 Å². The van der Waals surface area contributed by atoms with E-state index in [1.54, 1.807) is 12.4 Å². The molecule has 170 valence electrons. The van der Waals surface area contributed by atoms with Crippen LogP contribution in [0.3, 0.4) is 0 Å². The van der Waals surface area contributed by atoms with Crippen LogP contribution in [0.2, 0.25) is 0 Å². The highest BCUT2D eigenvalue weighted by Gasteiger charge is 2.22. The number of nitrogens with zero attached hydrogens (tertiary/aromatic N) is 4. The van der Waals surface area contributed by atoms with Crippen molar-refractivity contribution >= 4 is 11.6 Å². The normalized spacial score (nSPS) is 16.5. The van der Waals surface area contributed by atoms with Crippen molar-refractivity contribution in [2.24, 2.45) is 0 Å². The van der Waals surface area contributed by atoms with Crippen molar-refractivity contribution < 1.29 is 4.79 Å². The van der Waals surface area contributed by atoms with Crippen LogP contribution in [0.15, 0.2) is 67.1 Å². The topological polar surface area (TPSA) is 61.4 Å². The number of hydrogen-bond acceptors (Lipinski definition) is 5. The molecule has 3 heterocycles. The lowest BCUT2D eigenvalue weighted by Gasteiger charge is -2.34. The molecule has 33 heavy (non-hydrogen) atoms. The SMILES string of the molecule is O=C(c1ccc(N2CCC(NCCc3cnccn3)CC2)cc1)N1CCc2ccccc2C1. The van der Waals surface area contributed by atoms with Crippen molar-refractivity contribution in [2.45, 2.75) is 38.3 Å². The van der Waals surface area contributed by atoms with E-state index >= 15 is 0 Å². The molecule has 0 spiro atoms. The molecule has 0 aliphatic carbocycles. The first-order chi connectivity index (χ1) is 16.3. The van der Waals surface area contributed by atoms with E-state index in [4.69, 9.17) is 0 Å². The van der Waals surface area contributed by atoms with Crippen molar-refractivity contribution in [3.05, 3.63) is 89.5 Å². The number of carbonyl (C=O) groups excluding carboxylic acids is 1. The molecule has 3 aromatic rings. The zero-order chi connectivity index (χ0) is 22.5. The Hall–Kier alpha value is -3.25. The molecule has 5 rings (SSSR count). The molecule has 0 radical (unpaired) electrons. The fourth-order valence-corrected chi connectivity index (χ4v) is 4.87. The number of anilines is 1. The maximum absolute atomic E-state index is 13.0. The second-order valence-corrected chi connectivity index (χ2v) is 8.95. The van der Waals surface area contributed by atoms with E-state index in [-0.39, 0.29) is 5.91 Å². The summed E-state index contributed by atoms with van der Waals surface area (Å²) in [6.07, 6.45) is 9.37. The smallest absolute Gasteiger partial charge is 0.254 e. The first kappa shape index (κ1) is 21.6. The standard InChI is InChI=1S/C27H31N5O/c33-27(32-16-10-21-3-1-2-4-23(21)20-32)22-5-7-26(8-6-22)31-17-11-24(12-18-31)29-13-9-25-19-28-14-15-30-25/h1-8,14-15,19,24,29H,9-13,16-18,20H2. The summed E-state index contributed by atoms with van der Waals surface area (Å²) < 4.78 is 0. The van der Waals surface area contributed by atoms with Crippen LogP contribution in [0.5, 0.6) is 0 Å². The zero-order valence-electron chi connectivity index (χ0n) is 19.0. The van der Waals surface area contributed by atoms with Gasteiger partial charge in [-0.15, -0.1) is 0 Å². The number of piperidine rings is 1. The molecule has 2 aliphatic rings. The number of amides is 1. The Morgan fingerprint density at radius 2 is 1.76 bits per heavy atom. The number of rotatable bonds is 6. The molecule has 6 heteroatoms. The van der Waals surface area contributed by atoms with Crippen LogP contribution >= 0.6 is 0 Å². The second-order valence-electron chi connectivity index (χ2n) is 8.95. The molecule has 1 fully saturated rings. The molecule has 2 aliphatic heterocycles. The van der Waals surface area contributed by atoms with E-state index < -0.39 is 0 Å². The summed E-state index contributed by atoms with van der Waals surface area (Å²) in [6, 6.07) is 17.2. The summed E-state index contributed by atoms with van der Waals surface area (Å²) >= 11 is 0. The van der Waals surface area contributed by atoms with Gasteiger partial charge in [0.1, 0.15) is 0 Å². The van der Waals surface area contributed by atoms with Gasteiger partial charge in [-0.25, -0.2) is 0 Å². The van der Waals surface area contributed by atoms with Crippen LogP contribution in [0.1, 0.15) is 40.0 Å². The number of carbonyl (C=O) groups is 1. The second kappa shape index (κ2) is 10.1. The van der Waals surface area contributed by atoms with Crippen molar-refractivity contribution in [3.63, 3.8) is 0 Å².